The van der Waals surface area contributed by atoms with Crippen molar-refractivity contribution < 1.29 is 17.9 Å². The highest BCUT2D eigenvalue weighted by molar-refractivity contribution is 7.73. The van der Waals surface area contributed by atoms with Gasteiger partial charge in [0.1, 0.15) is 5.82 Å². The van der Waals surface area contributed by atoms with E-state index in [1.807, 2.05) is 4.90 Å². The van der Waals surface area contributed by atoms with Crippen molar-refractivity contribution in [3.05, 3.63) is 24.2 Å². The van der Waals surface area contributed by atoms with E-state index >= 15 is 0 Å². The number of morpholine rings is 1. The maximum Gasteiger partial charge on any atom is 0.316 e. The van der Waals surface area contributed by atoms with Gasteiger partial charge in [-0.2, -0.15) is 8.42 Å². The Morgan fingerprint density at radius 1 is 1.20 bits per heavy atom. The van der Waals surface area contributed by atoms with Gasteiger partial charge >= 0.3 is 6.01 Å². The summed E-state index contributed by atoms with van der Waals surface area (Å²) >= 11 is 0. The molecule has 0 aliphatic carbocycles. The third kappa shape index (κ3) is 3.91. The molecule has 0 amide bonds. The van der Waals surface area contributed by atoms with E-state index in [2.05, 4.69) is 19.9 Å². The predicted molar refractivity (Wildman–Crippen MR) is 91.3 cm³/mol. The van der Waals surface area contributed by atoms with Crippen LogP contribution in [0.3, 0.4) is 0 Å². The molecule has 0 saturated carbocycles. The van der Waals surface area contributed by atoms with Crippen molar-refractivity contribution in [3.63, 3.8) is 0 Å². The van der Waals surface area contributed by atoms with Crippen molar-refractivity contribution in [2.75, 3.05) is 38.3 Å². The molecule has 3 rings (SSSR count). The van der Waals surface area contributed by atoms with E-state index in [4.69, 9.17) is 9.47 Å². The van der Waals surface area contributed by atoms with E-state index in [0.29, 0.717) is 49.2 Å². The Balaban J connectivity index is 2.09. The van der Waals surface area contributed by atoms with Gasteiger partial charge in [-0.05, 0) is 6.92 Å². The summed E-state index contributed by atoms with van der Waals surface area (Å²) in [6.07, 6.45) is 3.08. The second-order valence-electron chi connectivity index (χ2n) is 5.28. The fraction of sp³-hybridized carbons (Fsp3) is 0.400. The van der Waals surface area contributed by atoms with Crippen LogP contribution in [0.5, 0.6) is 6.01 Å². The highest BCUT2D eigenvalue weighted by Crippen LogP contribution is 2.21. The van der Waals surface area contributed by atoms with Crippen LogP contribution in [0.25, 0.3) is 11.4 Å². The minimum atomic E-state index is -2.36. The van der Waals surface area contributed by atoms with Gasteiger partial charge in [0.15, 0.2) is 5.82 Å². The summed E-state index contributed by atoms with van der Waals surface area (Å²) < 4.78 is 33.0. The lowest BCUT2D eigenvalue weighted by Crippen LogP contribution is -2.37. The van der Waals surface area contributed by atoms with Crippen LogP contribution in [0.1, 0.15) is 12.6 Å². The van der Waals surface area contributed by atoms with E-state index in [9.17, 15) is 8.42 Å². The smallest absolute Gasteiger partial charge is 0.316 e. The third-order valence-electron chi connectivity index (χ3n) is 3.73. The SMILES string of the molecule is COc1ncc(-c2nc(C(C)=S(=O)=O)cc(N3CCOCC3)n2)cn1. The zero-order chi connectivity index (χ0) is 17.8. The molecule has 0 N–H and O–H groups in total. The summed E-state index contributed by atoms with van der Waals surface area (Å²) in [4.78, 5) is 19.2. The molecule has 0 bridgehead atoms. The molecule has 2 aromatic heterocycles. The average Bonchev–Trinajstić information content (AvgIpc) is 2.67. The Hall–Kier alpha value is -2.59. The van der Waals surface area contributed by atoms with Crippen molar-refractivity contribution in [1.29, 1.82) is 0 Å². The number of nitrogens with zero attached hydrogens (tertiary/aromatic N) is 5. The molecule has 0 radical (unpaired) electrons. The predicted octanol–water partition coefficient (Wildman–Crippen LogP) is 0.198. The van der Waals surface area contributed by atoms with Gasteiger partial charge in [-0.25, -0.2) is 19.9 Å². The van der Waals surface area contributed by atoms with E-state index in [0.717, 1.165) is 0 Å². The fourth-order valence-electron chi connectivity index (χ4n) is 2.32. The Morgan fingerprint density at radius 3 is 2.48 bits per heavy atom. The van der Waals surface area contributed by atoms with E-state index in [1.54, 1.807) is 6.07 Å². The number of rotatable bonds is 4. The number of anilines is 1. The van der Waals surface area contributed by atoms with Crippen LogP contribution in [0.2, 0.25) is 0 Å². The summed E-state index contributed by atoms with van der Waals surface area (Å²) in [5.74, 6) is 0.996. The van der Waals surface area contributed by atoms with Gasteiger partial charge in [0.25, 0.3) is 0 Å². The van der Waals surface area contributed by atoms with Gasteiger partial charge in [0.05, 0.1) is 36.4 Å². The standard InChI is InChI=1S/C15H17N5O4S/c1-10(25(21)22)12-7-13(20-3-5-24-6-4-20)19-14(18-12)11-8-16-15(23-2)17-9-11/h7-9H,3-6H2,1-2H3. The van der Waals surface area contributed by atoms with Crippen molar-refractivity contribution in [3.8, 4) is 17.4 Å². The van der Waals surface area contributed by atoms with E-state index in [1.165, 1.54) is 26.4 Å². The lowest BCUT2D eigenvalue weighted by atomic mass is 10.2. The number of ether oxygens (including phenoxy) is 2. The minimum Gasteiger partial charge on any atom is -0.467 e. The fourth-order valence-corrected chi connectivity index (χ4v) is 2.60. The summed E-state index contributed by atoms with van der Waals surface area (Å²) in [6.45, 7) is 4.04. The second-order valence-corrected chi connectivity index (χ2v) is 6.37. The first-order chi connectivity index (χ1) is 12.1. The quantitative estimate of drug-likeness (QED) is 0.556. The van der Waals surface area contributed by atoms with Gasteiger partial charge in [0, 0.05) is 31.5 Å². The maximum atomic E-state index is 11.3. The zero-order valence-electron chi connectivity index (χ0n) is 13.8. The van der Waals surface area contributed by atoms with Gasteiger partial charge in [0.2, 0.25) is 10.3 Å². The number of methoxy groups -OCH3 is 1. The van der Waals surface area contributed by atoms with Crippen molar-refractivity contribution in [1.82, 2.24) is 19.9 Å². The Kier molecular flexibility index (Phi) is 5.19. The second kappa shape index (κ2) is 7.53. The number of aromatic nitrogens is 4. The molecule has 0 atom stereocenters. The average molecular weight is 363 g/mol. The molecule has 10 heteroatoms. The molecule has 1 aliphatic rings. The summed E-state index contributed by atoms with van der Waals surface area (Å²) in [5.41, 5.74) is 0.914. The Labute approximate surface area is 146 Å². The van der Waals surface area contributed by atoms with Crippen molar-refractivity contribution in [2.24, 2.45) is 0 Å². The first kappa shape index (κ1) is 17.2. The lowest BCUT2D eigenvalue weighted by Gasteiger charge is -2.28. The molecule has 1 aliphatic heterocycles. The molecule has 1 fully saturated rings. The maximum absolute atomic E-state index is 11.3. The minimum absolute atomic E-state index is 0.146. The lowest BCUT2D eigenvalue weighted by molar-refractivity contribution is 0.122. The van der Waals surface area contributed by atoms with E-state index < -0.39 is 10.3 Å². The van der Waals surface area contributed by atoms with Crippen LogP contribution in [0.15, 0.2) is 18.5 Å². The number of hydrogen-bond acceptors (Lipinski definition) is 9. The van der Waals surface area contributed by atoms with Gasteiger partial charge in [-0.1, -0.05) is 0 Å². The van der Waals surface area contributed by atoms with Crippen LogP contribution in [-0.2, 0) is 15.0 Å². The largest absolute Gasteiger partial charge is 0.467 e. The molecule has 0 unspecified atom stereocenters. The Bertz CT molecular complexity index is 885. The van der Waals surface area contributed by atoms with Crippen LogP contribution in [0, 0.1) is 0 Å². The molecule has 25 heavy (non-hydrogen) atoms. The Morgan fingerprint density at radius 2 is 1.88 bits per heavy atom. The molecule has 9 nitrogen and oxygen atoms in total. The summed E-state index contributed by atoms with van der Waals surface area (Å²) in [5, 5.41) is 0. The van der Waals surface area contributed by atoms with Gasteiger partial charge < -0.3 is 14.4 Å². The van der Waals surface area contributed by atoms with Crippen LogP contribution in [0.4, 0.5) is 5.82 Å². The molecule has 132 valence electrons. The first-order valence-corrected chi connectivity index (χ1v) is 8.67. The van der Waals surface area contributed by atoms with Crippen molar-refractivity contribution in [2.45, 2.75) is 6.92 Å². The zero-order valence-corrected chi connectivity index (χ0v) is 14.7. The molecule has 2 aromatic rings. The molecular formula is C15H17N5O4S. The van der Waals surface area contributed by atoms with E-state index in [-0.39, 0.29) is 10.9 Å². The van der Waals surface area contributed by atoms with Crippen LogP contribution >= 0.6 is 0 Å². The topological polar surface area (TPSA) is 107 Å². The highest BCUT2D eigenvalue weighted by atomic mass is 32.2. The van der Waals surface area contributed by atoms with Crippen LogP contribution < -0.4 is 9.64 Å². The first-order valence-electron chi connectivity index (χ1n) is 7.60. The van der Waals surface area contributed by atoms with Crippen molar-refractivity contribution >= 4 is 21.0 Å². The van der Waals surface area contributed by atoms with Crippen LogP contribution in [-0.4, -0.2) is 66.6 Å². The van der Waals surface area contributed by atoms with Gasteiger partial charge in [-0.3, -0.25) is 0 Å². The normalized spacial score (nSPS) is 14.2. The summed E-state index contributed by atoms with van der Waals surface area (Å²) in [7, 11) is -0.886. The molecule has 3 heterocycles. The molecule has 1 saturated heterocycles. The monoisotopic (exact) mass is 363 g/mol. The number of hydrogen-bond donors (Lipinski definition) is 0. The highest BCUT2D eigenvalue weighted by Gasteiger charge is 2.17. The molecule has 0 aromatic carbocycles. The molecule has 0 spiro atoms. The summed E-state index contributed by atoms with van der Waals surface area (Å²) in [6, 6.07) is 1.90. The third-order valence-corrected chi connectivity index (χ3v) is 4.44. The molecular weight excluding hydrogens is 346 g/mol. The van der Waals surface area contributed by atoms with Gasteiger partial charge in [-0.15, -0.1) is 0 Å².